The molecule has 0 aliphatic carbocycles. The van der Waals surface area contributed by atoms with Gasteiger partial charge in [0, 0.05) is 6.61 Å². The van der Waals surface area contributed by atoms with E-state index in [4.69, 9.17) is 10.2 Å². The summed E-state index contributed by atoms with van der Waals surface area (Å²) in [6, 6.07) is 17.3. The van der Waals surface area contributed by atoms with Gasteiger partial charge in [-0.1, -0.05) is 49.4 Å². The van der Waals surface area contributed by atoms with Crippen molar-refractivity contribution in [1.82, 2.24) is 0 Å². The van der Waals surface area contributed by atoms with E-state index in [0.29, 0.717) is 12.4 Å². The van der Waals surface area contributed by atoms with Gasteiger partial charge >= 0.3 is 0 Å². The number of phenols is 1. The van der Waals surface area contributed by atoms with Gasteiger partial charge in [-0.15, -0.1) is 0 Å². The summed E-state index contributed by atoms with van der Waals surface area (Å²) in [4.78, 5) is 0. The number of rotatable bonds is 2. The zero-order valence-electron chi connectivity index (χ0n) is 10.0. The zero-order chi connectivity index (χ0) is 12.5. The fourth-order valence-corrected chi connectivity index (χ4v) is 1.28. The first-order valence-electron chi connectivity index (χ1n) is 5.73. The quantitative estimate of drug-likeness (QED) is 0.829. The number of benzene rings is 2. The number of hydrogen-bond donors (Lipinski definition) is 2. The van der Waals surface area contributed by atoms with Crippen molar-refractivity contribution in [2.45, 2.75) is 13.3 Å². The molecule has 0 saturated heterocycles. The topological polar surface area (TPSA) is 40.5 Å². The summed E-state index contributed by atoms with van der Waals surface area (Å²) in [6.45, 7) is 2.25. The molecule has 2 heteroatoms. The van der Waals surface area contributed by atoms with Crippen molar-refractivity contribution in [3.63, 3.8) is 0 Å². The minimum Gasteiger partial charge on any atom is -0.508 e. The number of phenolic OH excluding ortho intramolecular Hbond substituents is 1. The molecule has 0 unspecified atom stereocenters. The van der Waals surface area contributed by atoms with Crippen molar-refractivity contribution in [3.8, 4) is 16.9 Å². The highest BCUT2D eigenvalue weighted by Crippen LogP contribution is 2.20. The van der Waals surface area contributed by atoms with Crippen LogP contribution in [-0.4, -0.2) is 16.8 Å². The highest BCUT2D eigenvalue weighted by Gasteiger charge is 1.94. The molecule has 0 amide bonds. The molecule has 0 atom stereocenters. The second-order valence-corrected chi connectivity index (χ2v) is 3.64. The van der Waals surface area contributed by atoms with Gasteiger partial charge in [0.25, 0.3) is 0 Å². The van der Waals surface area contributed by atoms with Crippen LogP contribution in [0.15, 0.2) is 54.6 Å². The minimum absolute atomic E-state index is 0.305. The largest absolute Gasteiger partial charge is 0.508 e. The van der Waals surface area contributed by atoms with E-state index in [1.165, 1.54) is 5.56 Å². The van der Waals surface area contributed by atoms with Crippen molar-refractivity contribution in [2.75, 3.05) is 6.61 Å². The number of aliphatic hydroxyl groups excluding tert-OH is 1. The average Bonchev–Trinajstić information content (AvgIpc) is 2.41. The lowest BCUT2D eigenvalue weighted by Crippen LogP contribution is -1.74. The maximum Gasteiger partial charge on any atom is 0.115 e. The van der Waals surface area contributed by atoms with Crippen LogP contribution in [0.5, 0.6) is 5.75 Å². The van der Waals surface area contributed by atoms with E-state index >= 15 is 0 Å². The molecule has 0 aliphatic heterocycles. The predicted molar refractivity (Wildman–Crippen MR) is 70.9 cm³/mol. The van der Waals surface area contributed by atoms with Gasteiger partial charge in [0.1, 0.15) is 5.75 Å². The van der Waals surface area contributed by atoms with E-state index in [-0.39, 0.29) is 0 Å². The summed E-state index contributed by atoms with van der Waals surface area (Å²) in [5, 5.41) is 17.0. The Morgan fingerprint density at radius 1 is 0.824 bits per heavy atom. The molecule has 0 heterocycles. The van der Waals surface area contributed by atoms with Crippen molar-refractivity contribution < 1.29 is 10.2 Å². The lowest BCUT2D eigenvalue weighted by molar-refractivity contribution is 0.295. The van der Waals surface area contributed by atoms with Crippen LogP contribution < -0.4 is 0 Å². The molecule has 2 aromatic rings. The lowest BCUT2D eigenvalue weighted by atomic mass is 10.1. The van der Waals surface area contributed by atoms with E-state index in [1.54, 1.807) is 12.1 Å². The van der Waals surface area contributed by atoms with E-state index in [2.05, 4.69) is 0 Å². The molecule has 0 radical (unpaired) electrons. The van der Waals surface area contributed by atoms with Gasteiger partial charge < -0.3 is 10.2 Å². The molecule has 0 spiro atoms. The molecule has 0 saturated carbocycles. The third kappa shape index (κ3) is 4.70. The third-order valence-electron chi connectivity index (χ3n) is 2.20. The molecule has 90 valence electrons. The Bertz CT molecular complexity index is 405. The second kappa shape index (κ2) is 7.47. The van der Waals surface area contributed by atoms with Crippen molar-refractivity contribution in [2.24, 2.45) is 0 Å². The summed E-state index contributed by atoms with van der Waals surface area (Å²) in [6.07, 6.45) is 0.875. The Morgan fingerprint density at radius 3 is 1.76 bits per heavy atom. The average molecular weight is 230 g/mol. The van der Waals surface area contributed by atoms with Crippen LogP contribution in [0.3, 0.4) is 0 Å². The number of aromatic hydroxyl groups is 1. The summed E-state index contributed by atoms with van der Waals surface area (Å²) >= 11 is 0. The number of aliphatic hydroxyl groups is 1. The van der Waals surface area contributed by atoms with Gasteiger partial charge in [-0.25, -0.2) is 0 Å². The maximum absolute atomic E-state index is 9.10. The smallest absolute Gasteiger partial charge is 0.115 e. The molecule has 2 aromatic carbocycles. The second-order valence-electron chi connectivity index (χ2n) is 3.64. The zero-order valence-corrected chi connectivity index (χ0v) is 10.0. The van der Waals surface area contributed by atoms with E-state index < -0.39 is 0 Å². The van der Waals surface area contributed by atoms with Gasteiger partial charge in [0.2, 0.25) is 0 Å². The van der Waals surface area contributed by atoms with Gasteiger partial charge in [-0.3, -0.25) is 0 Å². The van der Waals surface area contributed by atoms with Crippen LogP contribution in [0.4, 0.5) is 0 Å². The van der Waals surface area contributed by atoms with Gasteiger partial charge in [-0.05, 0) is 29.7 Å². The van der Waals surface area contributed by atoms with Crippen LogP contribution in [0.1, 0.15) is 13.3 Å². The molecule has 2 rings (SSSR count). The van der Waals surface area contributed by atoms with Crippen molar-refractivity contribution >= 4 is 0 Å². The molecular formula is C15H18O2. The normalized spacial score (nSPS) is 9.29. The minimum atomic E-state index is 0.305. The van der Waals surface area contributed by atoms with E-state index in [0.717, 1.165) is 12.0 Å². The predicted octanol–water partition coefficient (Wildman–Crippen LogP) is 3.45. The van der Waals surface area contributed by atoms with E-state index in [1.807, 2.05) is 49.4 Å². The first-order chi connectivity index (χ1) is 8.27. The molecule has 0 fully saturated rings. The van der Waals surface area contributed by atoms with Gasteiger partial charge in [0.15, 0.2) is 0 Å². The Morgan fingerprint density at radius 2 is 1.29 bits per heavy atom. The molecular weight excluding hydrogens is 212 g/mol. The standard InChI is InChI=1S/C12H10O.C3H8O/c13-12-8-6-11(7-9-12)10-4-2-1-3-5-10;1-2-3-4/h1-9,13H;4H,2-3H2,1H3. The summed E-state index contributed by atoms with van der Waals surface area (Å²) in [7, 11) is 0. The molecule has 2 nitrogen and oxygen atoms in total. The molecule has 17 heavy (non-hydrogen) atoms. The lowest BCUT2D eigenvalue weighted by Gasteiger charge is -2.00. The highest BCUT2D eigenvalue weighted by molar-refractivity contribution is 5.63. The first kappa shape index (κ1) is 13.3. The van der Waals surface area contributed by atoms with Gasteiger partial charge in [0.05, 0.1) is 0 Å². The van der Waals surface area contributed by atoms with Crippen molar-refractivity contribution in [3.05, 3.63) is 54.6 Å². The Balaban J connectivity index is 0.000000317. The summed E-state index contributed by atoms with van der Waals surface area (Å²) in [5.41, 5.74) is 2.29. The van der Waals surface area contributed by atoms with Crippen LogP contribution in [0, 0.1) is 0 Å². The van der Waals surface area contributed by atoms with E-state index in [9.17, 15) is 0 Å². The first-order valence-corrected chi connectivity index (χ1v) is 5.73. The Hall–Kier alpha value is -1.80. The number of hydrogen-bond acceptors (Lipinski definition) is 2. The van der Waals surface area contributed by atoms with Crippen LogP contribution in [0.25, 0.3) is 11.1 Å². The molecule has 0 bridgehead atoms. The SMILES string of the molecule is CCCO.Oc1ccc(-c2ccccc2)cc1. The molecule has 0 aromatic heterocycles. The highest BCUT2D eigenvalue weighted by atomic mass is 16.3. The van der Waals surface area contributed by atoms with Crippen LogP contribution in [-0.2, 0) is 0 Å². The van der Waals surface area contributed by atoms with Crippen molar-refractivity contribution in [1.29, 1.82) is 0 Å². The van der Waals surface area contributed by atoms with Gasteiger partial charge in [-0.2, -0.15) is 0 Å². The van der Waals surface area contributed by atoms with Crippen LogP contribution in [0.2, 0.25) is 0 Å². The van der Waals surface area contributed by atoms with Crippen LogP contribution >= 0.6 is 0 Å². The maximum atomic E-state index is 9.10. The summed E-state index contributed by atoms with van der Waals surface area (Å²) < 4.78 is 0. The fourth-order valence-electron chi connectivity index (χ4n) is 1.28. The third-order valence-corrected chi connectivity index (χ3v) is 2.20. The Labute approximate surface area is 102 Å². The fraction of sp³-hybridized carbons (Fsp3) is 0.200. The Kier molecular flexibility index (Phi) is 5.83. The summed E-state index contributed by atoms with van der Waals surface area (Å²) in [5.74, 6) is 0.305. The molecule has 2 N–H and O–H groups in total. The monoisotopic (exact) mass is 230 g/mol. The molecule has 0 aliphatic rings.